The van der Waals surface area contributed by atoms with E-state index in [0.29, 0.717) is 0 Å². The molecule has 1 rings (SSSR count). The molecule has 0 amide bonds. The van der Waals surface area contributed by atoms with Crippen molar-refractivity contribution in [1.82, 2.24) is 0 Å². The first kappa shape index (κ1) is 15.3. The van der Waals surface area contributed by atoms with Gasteiger partial charge < -0.3 is 20.7 Å². The van der Waals surface area contributed by atoms with Crippen LogP contribution < -0.4 is 16.0 Å². The molecule has 1 aromatic carbocycles. The van der Waals surface area contributed by atoms with E-state index in [1.807, 2.05) is 24.3 Å². The quantitative estimate of drug-likeness (QED) is 0.730. The number of nitrogens with one attached hydrogen (secondary N) is 1. The van der Waals surface area contributed by atoms with Crippen LogP contribution in [0.15, 0.2) is 24.3 Å². The molecule has 106 valence electrons. The van der Waals surface area contributed by atoms with Gasteiger partial charge >= 0.3 is 5.97 Å². The predicted molar refractivity (Wildman–Crippen MR) is 78.5 cm³/mol. The third-order valence-electron chi connectivity index (χ3n) is 3.06. The SMILES string of the molecule is CCN(CC)c1ccc(NC(CN)C(=O)OC)cc1. The van der Waals surface area contributed by atoms with E-state index in [1.54, 1.807) is 0 Å². The minimum Gasteiger partial charge on any atom is -0.467 e. The van der Waals surface area contributed by atoms with E-state index < -0.39 is 6.04 Å². The molecule has 0 aromatic heterocycles. The van der Waals surface area contributed by atoms with Gasteiger partial charge in [-0.25, -0.2) is 4.79 Å². The Morgan fingerprint density at radius 2 is 1.89 bits per heavy atom. The number of carbonyl (C=O) groups is 1. The molecule has 3 N–H and O–H groups in total. The van der Waals surface area contributed by atoms with Crippen LogP contribution in [-0.2, 0) is 9.53 Å². The first-order valence-electron chi connectivity index (χ1n) is 6.55. The Balaban J connectivity index is 2.73. The average Bonchev–Trinajstić information content (AvgIpc) is 2.46. The number of hydrogen-bond donors (Lipinski definition) is 2. The zero-order valence-electron chi connectivity index (χ0n) is 11.8. The Hall–Kier alpha value is -1.75. The van der Waals surface area contributed by atoms with Gasteiger partial charge in [0.05, 0.1) is 7.11 Å². The van der Waals surface area contributed by atoms with Crippen LogP contribution in [0.2, 0.25) is 0 Å². The van der Waals surface area contributed by atoms with Crippen LogP contribution in [0.1, 0.15) is 13.8 Å². The maximum atomic E-state index is 11.4. The summed E-state index contributed by atoms with van der Waals surface area (Å²) in [4.78, 5) is 13.7. The second-order valence-electron chi connectivity index (χ2n) is 4.17. The number of anilines is 2. The van der Waals surface area contributed by atoms with Crippen molar-refractivity contribution in [1.29, 1.82) is 0 Å². The Kier molecular flexibility index (Phi) is 6.15. The van der Waals surface area contributed by atoms with E-state index in [0.717, 1.165) is 24.5 Å². The minimum absolute atomic E-state index is 0.199. The predicted octanol–water partition coefficient (Wildman–Crippen LogP) is 1.44. The molecule has 0 bridgehead atoms. The number of hydrogen-bond acceptors (Lipinski definition) is 5. The van der Waals surface area contributed by atoms with Crippen molar-refractivity contribution in [2.24, 2.45) is 5.73 Å². The number of benzene rings is 1. The zero-order chi connectivity index (χ0) is 14.3. The molecule has 0 fully saturated rings. The number of carbonyl (C=O) groups excluding carboxylic acids is 1. The Labute approximate surface area is 114 Å². The summed E-state index contributed by atoms with van der Waals surface area (Å²) in [5, 5.41) is 3.06. The van der Waals surface area contributed by atoms with E-state index in [2.05, 4.69) is 28.8 Å². The fraction of sp³-hybridized carbons (Fsp3) is 0.500. The molecule has 1 unspecified atom stereocenters. The van der Waals surface area contributed by atoms with Crippen molar-refractivity contribution >= 4 is 17.3 Å². The third-order valence-corrected chi connectivity index (χ3v) is 3.06. The van der Waals surface area contributed by atoms with Crippen LogP contribution in [-0.4, -0.2) is 38.8 Å². The summed E-state index contributed by atoms with van der Waals surface area (Å²) in [5.74, 6) is -0.352. The molecule has 1 aromatic rings. The van der Waals surface area contributed by atoms with Gasteiger partial charge in [0.25, 0.3) is 0 Å². The minimum atomic E-state index is -0.510. The zero-order valence-corrected chi connectivity index (χ0v) is 11.8. The fourth-order valence-corrected chi connectivity index (χ4v) is 1.91. The lowest BCUT2D eigenvalue weighted by molar-refractivity contribution is -0.141. The van der Waals surface area contributed by atoms with E-state index in [4.69, 9.17) is 5.73 Å². The van der Waals surface area contributed by atoms with Crippen molar-refractivity contribution in [3.05, 3.63) is 24.3 Å². The molecule has 19 heavy (non-hydrogen) atoms. The van der Waals surface area contributed by atoms with Crippen LogP contribution in [0.25, 0.3) is 0 Å². The molecule has 0 spiro atoms. The number of nitrogens with zero attached hydrogens (tertiary/aromatic N) is 1. The van der Waals surface area contributed by atoms with Crippen molar-refractivity contribution in [3.8, 4) is 0 Å². The second-order valence-corrected chi connectivity index (χ2v) is 4.17. The van der Waals surface area contributed by atoms with Gasteiger partial charge in [-0.15, -0.1) is 0 Å². The number of rotatable bonds is 7. The molecule has 0 aliphatic rings. The molecule has 0 saturated carbocycles. The molecule has 1 atom stereocenters. The van der Waals surface area contributed by atoms with Gasteiger partial charge in [-0.1, -0.05) is 0 Å². The Morgan fingerprint density at radius 1 is 1.32 bits per heavy atom. The van der Waals surface area contributed by atoms with Crippen molar-refractivity contribution in [3.63, 3.8) is 0 Å². The lowest BCUT2D eigenvalue weighted by Gasteiger charge is -2.22. The largest absolute Gasteiger partial charge is 0.467 e. The van der Waals surface area contributed by atoms with Crippen LogP contribution >= 0.6 is 0 Å². The molecule has 0 aliphatic heterocycles. The van der Waals surface area contributed by atoms with Gasteiger partial charge in [0.2, 0.25) is 0 Å². The molecule has 0 saturated heterocycles. The van der Waals surface area contributed by atoms with Crippen LogP contribution in [0, 0.1) is 0 Å². The highest BCUT2D eigenvalue weighted by atomic mass is 16.5. The topological polar surface area (TPSA) is 67.6 Å². The first-order chi connectivity index (χ1) is 9.15. The van der Waals surface area contributed by atoms with E-state index in [9.17, 15) is 4.79 Å². The highest BCUT2D eigenvalue weighted by Crippen LogP contribution is 2.18. The number of ether oxygens (including phenoxy) is 1. The summed E-state index contributed by atoms with van der Waals surface area (Å²) < 4.78 is 4.68. The van der Waals surface area contributed by atoms with Gasteiger partial charge in [0.1, 0.15) is 6.04 Å². The van der Waals surface area contributed by atoms with Crippen molar-refractivity contribution < 1.29 is 9.53 Å². The maximum absolute atomic E-state index is 11.4. The molecule has 0 aliphatic carbocycles. The summed E-state index contributed by atoms with van der Waals surface area (Å²) in [6.45, 7) is 6.38. The summed E-state index contributed by atoms with van der Waals surface area (Å²) in [5.41, 5.74) is 7.57. The number of esters is 1. The molecular formula is C14H23N3O2. The summed E-state index contributed by atoms with van der Waals surface area (Å²) >= 11 is 0. The molecule has 5 heteroatoms. The summed E-state index contributed by atoms with van der Waals surface area (Å²) in [6.07, 6.45) is 0. The number of methoxy groups -OCH3 is 1. The summed E-state index contributed by atoms with van der Waals surface area (Å²) in [6, 6.07) is 7.43. The first-order valence-corrected chi connectivity index (χ1v) is 6.55. The smallest absolute Gasteiger partial charge is 0.329 e. The molecule has 0 heterocycles. The maximum Gasteiger partial charge on any atom is 0.329 e. The lowest BCUT2D eigenvalue weighted by Crippen LogP contribution is -2.37. The second kappa shape index (κ2) is 7.63. The highest BCUT2D eigenvalue weighted by Gasteiger charge is 2.16. The third kappa shape index (κ3) is 4.13. The van der Waals surface area contributed by atoms with E-state index in [1.165, 1.54) is 7.11 Å². The molecule has 5 nitrogen and oxygen atoms in total. The Morgan fingerprint density at radius 3 is 2.32 bits per heavy atom. The van der Waals surface area contributed by atoms with Crippen LogP contribution in [0.4, 0.5) is 11.4 Å². The van der Waals surface area contributed by atoms with Gasteiger partial charge in [-0.2, -0.15) is 0 Å². The average molecular weight is 265 g/mol. The summed E-state index contributed by atoms with van der Waals surface area (Å²) in [7, 11) is 1.36. The van der Waals surface area contributed by atoms with Gasteiger partial charge in [0.15, 0.2) is 0 Å². The molecular weight excluding hydrogens is 242 g/mol. The van der Waals surface area contributed by atoms with Gasteiger partial charge in [0, 0.05) is 31.0 Å². The highest BCUT2D eigenvalue weighted by molar-refractivity contribution is 5.79. The standard InChI is InChI=1S/C14H23N3O2/c1-4-17(5-2)12-8-6-11(7-9-12)16-13(10-15)14(18)19-3/h6-9,13,16H,4-5,10,15H2,1-3H3. The van der Waals surface area contributed by atoms with Crippen molar-refractivity contribution in [2.45, 2.75) is 19.9 Å². The van der Waals surface area contributed by atoms with Crippen molar-refractivity contribution in [2.75, 3.05) is 37.0 Å². The van der Waals surface area contributed by atoms with Gasteiger partial charge in [-0.3, -0.25) is 0 Å². The normalized spacial score (nSPS) is 11.8. The monoisotopic (exact) mass is 265 g/mol. The van der Waals surface area contributed by atoms with Crippen LogP contribution in [0.5, 0.6) is 0 Å². The fourth-order valence-electron chi connectivity index (χ4n) is 1.91. The van der Waals surface area contributed by atoms with Crippen LogP contribution in [0.3, 0.4) is 0 Å². The molecule has 0 radical (unpaired) electrons. The lowest BCUT2D eigenvalue weighted by atomic mass is 10.2. The Bertz CT molecular complexity index is 388. The number of nitrogens with two attached hydrogens (primary N) is 1. The van der Waals surface area contributed by atoms with E-state index >= 15 is 0 Å². The van der Waals surface area contributed by atoms with E-state index in [-0.39, 0.29) is 12.5 Å². The van der Waals surface area contributed by atoms with Gasteiger partial charge in [-0.05, 0) is 38.1 Å².